The molecule has 0 amide bonds. The monoisotopic (exact) mass is 402 g/mol. The second-order valence-electron chi connectivity index (χ2n) is 5.42. The van der Waals surface area contributed by atoms with Crippen LogP contribution < -0.4 is 9.47 Å². The minimum absolute atomic E-state index is 0.0591. The molecule has 0 aliphatic rings. The third-order valence-electron chi connectivity index (χ3n) is 3.66. The number of thioether (sulfide) groups is 1. The average molecular weight is 403 g/mol. The van der Waals surface area contributed by atoms with Crippen LogP contribution in [-0.2, 0) is 5.75 Å². The van der Waals surface area contributed by atoms with Gasteiger partial charge in [0.1, 0.15) is 0 Å². The van der Waals surface area contributed by atoms with Gasteiger partial charge in [-0.1, -0.05) is 42.1 Å². The quantitative estimate of drug-likeness (QED) is 0.355. The molecule has 2 aromatic carbocycles. The summed E-state index contributed by atoms with van der Waals surface area (Å²) < 4.78 is 12.3. The van der Waals surface area contributed by atoms with E-state index < -0.39 is 0 Å². The lowest BCUT2D eigenvalue weighted by atomic mass is 10.2. The van der Waals surface area contributed by atoms with Gasteiger partial charge in [-0.15, -0.1) is 5.10 Å². The molecule has 2 N–H and O–H groups in total. The topological polar surface area (TPSA) is 84.7 Å². The van der Waals surface area contributed by atoms with E-state index in [1.54, 1.807) is 23.0 Å². The number of phenols is 1. The first-order valence-electron chi connectivity index (χ1n) is 7.96. The van der Waals surface area contributed by atoms with E-state index in [0.29, 0.717) is 27.0 Å². The van der Waals surface area contributed by atoms with Gasteiger partial charge in [0.25, 0.3) is 0 Å². The van der Waals surface area contributed by atoms with Gasteiger partial charge >= 0.3 is 0 Å². The average Bonchev–Trinajstić information content (AvgIpc) is 3.05. The molecule has 0 bridgehead atoms. The Morgan fingerprint density at radius 3 is 2.52 bits per heavy atom. The SMILES string of the molecule is COc1cc(/C=N/n2c(SCc3ccccc3)n[nH]c2=S)cc(OC)c1O. The first kappa shape index (κ1) is 19.0. The van der Waals surface area contributed by atoms with Crippen molar-refractivity contribution in [3.05, 3.63) is 58.4 Å². The number of aromatic hydroxyl groups is 1. The van der Waals surface area contributed by atoms with Crippen molar-refractivity contribution in [3.63, 3.8) is 0 Å². The number of ether oxygens (including phenoxy) is 2. The Hall–Kier alpha value is -2.78. The minimum atomic E-state index is -0.0591. The molecule has 0 fully saturated rings. The molecule has 9 heteroatoms. The number of methoxy groups -OCH3 is 2. The highest BCUT2D eigenvalue weighted by Gasteiger charge is 2.11. The van der Waals surface area contributed by atoms with Crippen molar-refractivity contribution in [1.29, 1.82) is 0 Å². The number of hydrogen-bond donors (Lipinski definition) is 2. The maximum absolute atomic E-state index is 10.00. The molecule has 1 heterocycles. The fourth-order valence-electron chi connectivity index (χ4n) is 2.31. The summed E-state index contributed by atoms with van der Waals surface area (Å²) in [6, 6.07) is 13.4. The van der Waals surface area contributed by atoms with Gasteiger partial charge in [-0.25, -0.2) is 5.10 Å². The van der Waals surface area contributed by atoms with Crippen molar-refractivity contribution in [1.82, 2.24) is 14.9 Å². The van der Waals surface area contributed by atoms with Crippen molar-refractivity contribution in [2.75, 3.05) is 14.2 Å². The van der Waals surface area contributed by atoms with Crippen molar-refractivity contribution in [3.8, 4) is 17.2 Å². The smallest absolute Gasteiger partial charge is 0.217 e. The van der Waals surface area contributed by atoms with Crippen LogP contribution in [0.15, 0.2) is 52.7 Å². The van der Waals surface area contributed by atoms with Crippen LogP contribution in [0.5, 0.6) is 17.2 Å². The van der Waals surface area contributed by atoms with Gasteiger partial charge in [-0.2, -0.15) is 9.78 Å². The number of rotatable bonds is 7. The molecule has 7 nitrogen and oxygen atoms in total. The van der Waals surface area contributed by atoms with Crippen molar-refractivity contribution >= 4 is 30.2 Å². The molecule has 3 rings (SSSR count). The summed E-state index contributed by atoms with van der Waals surface area (Å²) in [6.07, 6.45) is 1.60. The Morgan fingerprint density at radius 1 is 1.22 bits per heavy atom. The molecular weight excluding hydrogens is 384 g/mol. The van der Waals surface area contributed by atoms with Gasteiger partial charge in [-0.3, -0.25) is 0 Å². The number of aromatic nitrogens is 3. The number of phenolic OH excluding ortho intramolecular Hbond substituents is 1. The summed E-state index contributed by atoms with van der Waals surface area (Å²) in [5.74, 6) is 1.28. The highest BCUT2D eigenvalue weighted by Crippen LogP contribution is 2.36. The van der Waals surface area contributed by atoms with E-state index in [2.05, 4.69) is 27.4 Å². The van der Waals surface area contributed by atoms with Gasteiger partial charge in [0.05, 0.1) is 20.4 Å². The van der Waals surface area contributed by atoms with Crippen LogP contribution in [0.4, 0.5) is 0 Å². The number of hydrogen-bond acceptors (Lipinski definition) is 7. The summed E-state index contributed by atoms with van der Waals surface area (Å²) in [7, 11) is 2.94. The molecule has 0 aliphatic heterocycles. The largest absolute Gasteiger partial charge is 0.502 e. The lowest BCUT2D eigenvalue weighted by Gasteiger charge is -2.09. The molecule has 0 aliphatic carbocycles. The van der Waals surface area contributed by atoms with Gasteiger partial charge in [0.2, 0.25) is 15.7 Å². The maximum Gasteiger partial charge on any atom is 0.217 e. The standard InChI is InChI=1S/C18H18N4O3S2/c1-24-14-8-13(9-15(25-2)16(14)23)10-19-22-17(26)20-21-18(22)27-11-12-6-4-3-5-7-12/h3-10,23H,11H2,1-2H3,(H,20,26)/b19-10+. The molecule has 0 unspecified atom stereocenters. The fourth-order valence-corrected chi connectivity index (χ4v) is 3.40. The highest BCUT2D eigenvalue weighted by atomic mass is 32.2. The number of H-pyrrole nitrogens is 1. The molecular formula is C18H18N4O3S2. The first-order valence-corrected chi connectivity index (χ1v) is 9.35. The molecule has 0 saturated heterocycles. The maximum atomic E-state index is 10.00. The molecule has 27 heavy (non-hydrogen) atoms. The molecule has 140 valence electrons. The Kier molecular flexibility index (Phi) is 6.15. The Labute approximate surface area is 165 Å². The van der Waals surface area contributed by atoms with Crippen LogP contribution in [0.1, 0.15) is 11.1 Å². The summed E-state index contributed by atoms with van der Waals surface area (Å²) in [6.45, 7) is 0. The van der Waals surface area contributed by atoms with E-state index in [4.69, 9.17) is 21.7 Å². The van der Waals surface area contributed by atoms with E-state index in [9.17, 15) is 5.11 Å². The van der Waals surface area contributed by atoms with E-state index in [-0.39, 0.29) is 5.75 Å². The van der Waals surface area contributed by atoms with Crippen LogP contribution in [0.3, 0.4) is 0 Å². The number of nitrogens with one attached hydrogen (secondary N) is 1. The van der Waals surface area contributed by atoms with Crippen LogP contribution in [-0.4, -0.2) is 40.4 Å². The van der Waals surface area contributed by atoms with Gasteiger partial charge in [0, 0.05) is 11.3 Å². The predicted molar refractivity (Wildman–Crippen MR) is 108 cm³/mol. The number of nitrogens with zero attached hydrogens (tertiary/aromatic N) is 3. The third kappa shape index (κ3) is 4.50. The van der Waals surface area contributed by atoms with E-state index in [1.165, 1.54) is 31.5 Å². The Morgan fingerprint density at radius 2 is 1.89 bits per heavy atom. The van der Waals surface area contributed by atoms with E-state index in [0.717, 1.165) is 5.75 Å². The molecule has 0 radical (unpaired) electrons. The van der Waals surface area contributed by atoms with Crippen molar-refractivity contribution in [2.45, 2.75) is 10.9 Å². The van der Waals surface area contributed by atoms with E-state index >= 15 is 0 Å². The summed E-state index contributed by atoms with van der Waals surface area (Å²) >= 11 is 6.79. The normalized spacial score (nSPS) is 11.0. The fraction of sp³-hybridized carbons (Fsp3) is 0.167. The zero-order chi connectivity index (χ0) is 19.2. The second kappa shape index (κ2) is 8.74. The summed E-state index contributed by atoms with van der Waals surface area (Å²) in [5, 5.41) is 22.0. The summed E-state index contributed by atoms with van der Waals surface area (Å²) in [5.41, 5.74) is 1.86. The van der Waals surface area contributed by atoms with Crippen LogP contribution >= 0.6 is 24.0 Å². The minimum Gasteiger partial charge on any atom is -0.502 e. The molecule has 1 aromatic heterocycles. The lowest BCUT2D eigenvalue weighted by Crippen LogP contribution is -1.96. The molecule has 0 spiro atoms. The molecule has 0 saturated carbocycles. The van der Waals surface area contributed by atoms with Crippen LogP contribution in [0.25, 0.3) is 0 Å². The number of aromatic amines is 1. The first-order chi connectivity index (χ1) is 13.1. The van der Waals surface area contributed by atoms with Crippen molar-refractivity contribution in [2.24, 2.45) is 5.10 Å². The Balaban J connectivity index is 1.83. The zero-order valence-electron chi connectivity index (χ0n) is 14.7. The number of benzene rings is 2. The predicted octanol–water partition coefficient (Wildman–Crippen LogP) is 3.84. The summed E-state index contributed by atoms with van der Waals surface area (Å²) in [4.78, 5) is 0. The highest BCUT2D eigenvalue weighted by molar-refractivity contribution is 7.98. The zero-order valence-corrected chi connectivity index (χ0v) is 16.4. The Bertz CT molecular complexity index is 974. The molecule has 3 aromatic rings. The van der Waals surface area contributed by atoms with Crippen molar-refractivity contribution < 1.29 is 14.6 Å². The van der Waals surface area contributed by atoms with Gasteiger partial charge < -0.3 is 14.6 Å². The van der Waals surface area contributed by atoms with Gasteiger partial charge in [0.15, 0.2) is 11.5 Å². The lowest BCUT2D eigenvalue weighted by molar-refractivity contribution is 0.340. The third-order valence-corrected chi connectivity index (χ3v) is 4.92. The molecule has 0 atom stereocenters. The van der Waals surface area contributed by atoms with Crippen LogP contribution in [0.2, 0.25) is 0 Å². The van der Waals surface area contributed by atoms with Crippen LogP contribution in [0, 0.1) is 4.77 Å². The van der Waals surface area contributed by atoms with E-state index in [1.807, 2.05) is 18.2 Å². The van der Waals surface area contributed by atoms with Gasteiger partial charge in [-0.05, 0) is 29.9 Å². The second-order valence-corrected chi connectivity index (χ2v) is 6.75.